The molecule has 0 N–H and O–H groups in total. The van der Waals surface area contributed by atoms with E-state index in [2.05, 4.69) is 20.3 Å². The van der Waals surface area contributed by atoms with E-state index in [4.69, 9.17) is 4.42 Å². The summed E-state index contributed by atoms with van der Waals surface area (Å²) >= 11 is 0. The Morgan fingerprint density at radius 2 is 1.70 bits per heavy atom. The first-order valence-corrected chi connectivity index (χ1v) is 6.86. The van der Waals surface area contributed by atoms with Gasteiger partial charge in [-0.3, -0.25) is 4.98 Å². The minimum atomic E-state index is -0.356. The molecule has 0 spiro atoms. The lowest BCUT2D eigenvalue weighted by Gasteiger charge is -2.01. The minimum absolute atomic E-state index is 0.270. The van der Waals surface area contributed by atoms with E-state index >= 15 is 0 Å². The van der Waals surface area contributed by atoms with Gasteiger partial charge in [0.1, 0.15) is 17.2 Å². The van der Waals surface area contributed by atoms with Gasteiger partial charge in [-0.25, -0.2) is 9.07 Å². The number of rotatable bonds is 3. The van der Waals surface area contributed by atoms with Crippen molar-refractivity contribution in [3.05, 3.63) is 66.9 Å². The topological polar surface area (TPSA) is 69.6 Å². The first-order valence-electron chi connectivity index (χ1n) is 6.86. The van der Waals surface area contributed by atoms with Crippen molar-refractivity contribution in [3.8, 4) is 28.7 Å². The lowest BCUT2D eigenvalue weighted by atomic mass is 10.3. The third-order valence-corrected chi connectivity index (χ3v) is 3.26. The third kappa shape index (κ3) is 2.48. The first kappa shape index (κ1) is 13.3. The van der Waals surface area contributed by atoms with Gasteiger partial charge in [-0.05, 0) is 30.3 Å². The van der Waals surface area contributed by atoms with Gasteiger partial charge in [-0.15, -0.1) is 10.2 Å². The van der Waals surface area contributed by atoms with Crippen molar-refractivity contribution >= 4 is 0 Å². The van der Waals surface area contributed by atoms with Crippen LogP contribution in [0.5, 0.6) is 0 Å². The molecule has 0 aliphatic rings. The summed E-state index contributed by atoms with van der Waals surface area (Å²) in [6.07, 6.45) is 4.93. The highest BCUT2D eigenvalue weighted by molar-refractivity contribution is 5.54. The van der Waals surface area contributed by atoms with Crippen LogP contribution < -0.4 is 0 Å². The van der Waals surface area contributed by atoms with Crippen molar-refractivity contribution in [2.24, 2.45) is 0 Å². The zero-order chi connectivity index (χ0) is 15.6. The molecule has 23 heavy (non-hydrogen) atoms. The highest BCUT2D eigenvalue weighted by atomic mass is 19.1. The van der Waals surface area contributed by atoms with Gasteiger partial charge in [0.25, 0.3) is 5.89 Å². The van der Waals surface area contributed by atoms with E-state index in [1.807, 2.05) is 0 Å². The van der Waals surface area contributed by atoms with Gasteiger partial charge in [0, 0.05) is 24.2 Å². The second kappa shape index (κ2) is 5.45. The summed E-state index contributed by atoms with van der Waals surface area (Å²) < 4.78 is 20.8. The van der Waals surface area contributed by atoms with E-state index in [0.29, 0.717) is 17.3 Å². The molecule has 0 saturated carbocycles. The van der Waals surface area contributed by atoms with Gasteiger partial charge in [0.05, 0.1) is 0 Å². The molecule has 7 heteroatoms. The molecule has 0 radical (unpaired) electrons. The van der Waals surface area contributed by atoms with Crippen LogP contribution in [0, 0.1) is 5.82 Å². The van der Waals surface area contributed by atoms with Crippen LogP contribution in [0.4, 0.5) is 4.39 Å². The second-order valence-electron chi connectivity index (χ2n) is 4.75. The van der Waals surface area contributed by atoms with Crippen molar-refractivity contribution in [2.45, 2.75) is 0 Å². The molecule has 4 rings (SSSR count). The smallest absolute Gasteiger partial charge is 0.268 e. The van der Waals surface area contributed by atoms with E-state index in [0.717, 1.165) is 5.56 Å². The van der Waals surface area contributed by atoms with Gasteiger partial charge in [0.15, 0.2) is 0 Å². The largest absolute Gasteiger partial charge is 0.415 e. The molecule has 0 fully saturated rings. The molecule has 4 aromatic rings. The number of halogens is 1. The monoisotopic (exact) mass is 307 g/mol. The molecule has 0 saturated heterocycles. The Kier molecular flexibility index (Phi) is 3.16. The molecule has 0 atom stereocenters. The molecule has 0 bridgehead atoms. The van der Waals surface area contributed by atoms with Crippen LogP contribution in [-0.4, -0.2) is 25.0 Å². The van der Waals surface area contributed by atoms with Crippen LogP contribution in [0.3, 0.4) is 0 Å². The molecule has 0 aliphatic carbocycles. The van der Waals surface area contributed by atoms with Crippen LogP contribution in [0.2, 0.25) is 0 Å². The van der Waals surface area contributed by atoms with Gasteiger partial charge in [-0.1, -0.05) is 12.1 Å². The van der Waals surface area contributed by atoms with Crippen LogP contribution in [0.25, 0.3) is 28.7 Å². The zero-order valence-corrected chi connectivity index (χ0v) is 11.8. The standard InChI is InChI=1S/C16H10FN5O/c17-12-3-1-2-4-14(12)22-10-7-13(21-22)16-20-19-15(23-16)11-5-8-18-9-6-11/h1-10H. The molecule has 3 aromatic heterocycles. The number of aromatic nitrogens is 5. The fourth-order valence-corrected chi connectivity index (χ4v) is 2.15. The Hall–Kier alpha value is -3.35. The molecular weight excluding hydrogens is 297 g/mol. The van der Waals surface area contributed by atoms with Gasteiger partial charge in [-0.2, -0.15) is 5.10 Å². The summed E-state index contributed by atoms with van der Waals surface area (Å²) in [6, 6.07) is 11.6. The normalized spacial score (nSPS) is 10.8. The summed E-state index contributed by atoms with van der Waals surface area (Å²) in [5, 5.41) is 12.3. The zero-order valence-electron chi connectivity index (χ0n) is 11.8. The van der Waals surface area contributed by atoms with Crippen molar-refractivity contribution in [1.29, 1.82) is 0 Å². The van der Waals surface area contributed by atoms with E-state index in [9.17, 15) is 4.39 Å². The molecule has 6 nitrogen and oxygen atoms in total. The number of pyridine rings is 1. The predicted octanol–water partition coefficient (Wildman–Crippen LogP) is 3.12. The highest BCUT2D eigenvalue weighted by Gasteiger charge is 2.14. The molecular formula is C16H10FN5O. The maximum absolute atomic E-state index is 13.8. The van der Waals surface area contributed by atoms with Gasteiger partial charge in [0.2, 0.25) is 5.89 Å². The fraction of sp³-hybridized carbons (Fsp3) is 0. The number of para-hydroxylation sites is 1. The summed E-state index contributed by atoms with van der Waals surface area (Å²) in [4.78, 5) is 3.94. The Labute approximate surface area is 130 Å². The highest BCUT2D eigenvalue weighted by Crippen LogP contribution is 2.23. The number of hydrogen-bond donors (Lipinski definition) is 0. The number of hydrogen-bond acceptors (Lipinski definition) is 5. The van der Waals surface area contributed by atoms with Crippen LogP contribution in [-0.2, 0) is 0 Å². The quantitative estimate of drug-likeness (QED) is 0.581. The molecule has 0 unspecified atom stereocenters. The van der Waals surface area contributed by atoms with Crippen LogP contribution in [0.1, 0.15) is 0 Å². The summed E-state index contributed by atoms with van der Waals surface area (Å²) in [7, 11) is 0. The Morgan fingerprint density at radius 3 is 2.52 bits per heavy atom. The van der Waals surface area contributed by atoms with Crippen molar-refractivity contribution in [3.63, 3.8) is 0 Å². The van der Waals surface area contributed by atoms with Gasteiger partial charge >= 0.3 is 0 Å². The average Bonchev–Trinajstić information content (AvgIpc) is 3.25. The maximum atomic E-state index is 13.8. The Morgan fingerprint density at radius 1 is 0.913 bits per heavy atom. The van der Waals surface area contributed by atoms with E-state index in [1.54, 1.807) is 55.0 Å². The summed E-state index contributed by atoms with van der Waals surface area (Å²) in [6.45, 7) is 0. The van der Waals surface area contributed by atoms with E-state index < -0.39 is 0 Å². The van der Waals surface area contributed by atoms with Crippen molar-refractivity contribution in [2.75, 3.05) is 0 Å². The molecule has 0 amide bonds. The number of nitrogens with zero attached hydrogens (tertiary/aromatic N) is 5. The fourth-order valence-electron chi connectivity index (χ4n) is 2.15. The number of benzene rings is 1. The van der Waals surface area contributed by atoms with E-state index in [-0.39, 0.29) is 11.7 Å². The third-order valence-electron chi connectivity index (χ3n) is 3.26. The second-order valence-corrected chi connectivity index (χ2v) is 4.75. The molecule has 112 valence electrons. The average molecular weight is 307 g/mol. The lowest BCUT2D eigenvalue weighted by molar-refractivity contribution is 0.579. The minimum Gasteiger partial charge on any atom is -0.415 e. The van der Waals surface area contributed by atoms with Crippen molar-refractivity contribution < 1.29 is 8.81 Å². The maximum Gasteiger partial charge on any atom is 0.268 e. The first-order chi connectivity index (χ1) is 11.3. The SMILES string of the molecule is Fc1ccccc1-n1ccc(-c2nnc(-c3ccncc3)o2)n1. The van der Waals surface area contributed by atoms with Crippen LogP contribution in [0.15, 0.2) is 65.5 Å². The molecule has 0 aliphatic heterocycles. The Bertz CT molecular complexity index is 948. The predicted molar refractivity (Wildman–Crippen MR) is 80.0 cm³/mol. The summed E-state index contributed by atoms with van der Waals surface area (Å²) in [5.41, 5.74) is 1.60. The Balaban J connectivity index is 1.68. The van der Waals surface area contributed by atoms with Gasteiger partial charge < -0.3 is 4.42 Å². The summed E-state index contributed by atoms with van der Waals surface area (Å²) in [5.74, 6) is 0.292. The van der Waals surface area contributed by atoms with E-state index in [1.165, 1.54) is 10.7 Å². The molecule has 3 heterocycles. The lowest BCUT2D eigenvalue weighted by Crippen LogP contribution is -1.98. The van der Waals surface area contributed by atoms with Crippen LogP contribution >= 0.6 is 0 Å². The van der Waals surface area contributed by atoms with Crippen molar-refractivity contribution in [1.82, 2.24) is 25.0 Å². The molecule has 1 aromatic carbocycles.